The molecule has 0 aliphatic rings. The topological polar surface area (TPSA) is 45.7 Å². The average Bonchev–Trinajstić information content (AvgIpc) is 2.34. The zero-order chi connectivity index (χ0) is 6.53. The van der Waals surface area contributed by atoms with Crippen molar-refractivity contribution in [3.05, 3.63) is 11.3 Å². The van der Waals surface area contributed by atoms with Gasteiger partial charge in [-0.3, -0.25) is 0 Å². The number of aromatic nitrogens is 2. The van der Waals surface area contributed by atoms with Gasteiger partial charge >= 0.3 is 0 Å². The Hall–Kier alpha value is -0.480. The minimum Gasteiger partial charge on any atom is -0.237 e. The van der Waals surface area contributed by atoms with Gasteiger partial charge in [0.2, 0.25) is 0 Å². The summed E-state index contributed by atoms with van der Waals surface area (Å²) >= 11 is 1.36. The van der Waals surface area contributed by atoms with Gasteiger partial charge in [0.25, 0.3) is 0 Å². The van der Waals surface area contributed by atoms with Gasteiger partial charge in [0, 0.05) is 6.42 Å². The molecule has 1 heterocycles. The van der Waals surface area contributed by atoms with Crippen LogP contribution in [-0.2, 0) is 11.5 Å². The molecule has 0 aliphatic carbocycles. The molecule has 49 valence electrons. The van der Waals surface area contributed by atoms with Gasteiger partial charge in [0.1, 0.15) is 11.3 Å². The Bertz CT molecular complexity index is 152. The number of hydrogen-bond acceptors (Lipinski definition) is 3. The first-order chi connectivity index (χ1) is 4.43. The summed E-state index contributed by atoms with van der Waals surface area (Å²) in [5.74, 6) is 0. The molecule has 1 radical (unpaired) electrons. The maximum atomic E-state index is 9.98. The van der Waals surface area contributed by atoms with Crippen molar-refractivity contribution in [2.45, 2.75) is 12.8 Å². The predicted octanol–water partition coefficient (Wildman–Crippen LogP) is 0.901. The van der Waals surface area contributed by atoms with E-state index in [1.54, 1.807) is 0 Å². The maximum absolute atomic E-state index is 9.98. The monoisotopic (exact) mass is 143 g/mol. The van der Waals surface area contributed by atoms with E-state index in [1.165, 1.54) is 17.9 Å². The summed E-state index contributed by atoms with van der Waals surface area (Å²) in [6, 6.07) is 0. The lowest BCUT2D eigenvalue weighted by Gasteiger charge is -1.86. The van der Waals surface area contributed by atoms with E-state index >= 15 is 0 Å². The van der Waals surface area contributed by atoms with Crippen molar-refractivity contribution in [3.63, 3.8) is 0 Å². The number of nitrogens with zero attached hydrogens (tertiary/aromatic N) is 2. The van der Waals surface area contributed by atoms with E-state index in [0.717, 1.165) is 11.4 Å². The van der Waals surface area contributed by atoms with Crippen LogP contribution in [0.5, 0.6) is 0 Å². The Morgan fingerprint density at radius 2 is 2.56 bits per heavy atom. The molecule has 0 fully saturated rings. The molecular formula is C5H7N2OS. The van der Waals surface area contributed by atoms with E-state index in [2.05, 4.69) is 9.36 Å². The molecule has 0 bridgehead atoms. The van der Waals surface area contributed by atoms with E-state index in [4.69, 9.17) is 0 Å². The van der Waals surface area contributed by atoms with Crippen molar-refractivity contribution in [1.29, 1.82) is 0 Å². The smallest absolute Gasteiger partial charge is 0.129 e. The van der Waals surface area contributed by atoms with Gasteiger partial charge in [0.05, 0.1) is 6.61 Å². The molecule has 0 spiro atoms. The van der Waals surface area contributed by atoms with Crippen LogP contribution in [0.15, 0.2) is 6.33 Å². The molecule has 4 heteroatoms. The molecule has 0 saturated carbocycles. The van der Waals surface area contributed by atoms with Crippen LogP contribution in [0.25, 0.3) is 0 Å². The summed E-state index contributed by atoms with van der Waals surface area (Å²) in [7, 11) is 0. The fraction of sp³-hybridized carbons (Fsp3) is 0.600. The Labute approximate surface area is 57.5 Å². The van der Waals surface area contributed by atoms with E-state index in [1.807, 2.05) is 0 Å². The zero-order valence-electron chi connectivity index (χ0n) is 4.91. The molecule has 0 saturated heterocycles. The third-order valence-electron chi connectivity index (χ3n) is 0.942. The molecule has 0 unspecified atom stereocenters. The molecule has 1 aromatic rings. The van der Waals surface area contributed by atoms with E-state index in [9.17, 15) is 5.11 Å². The molecular weight excluding hydrogens is 136 g/mol. The third-order valence-corrected chi connectivity index (χ3v) is 1.66. The first kappa shape index (κ1) is 6.64. The Morgan fingerprint density at radius 1 is 1.67 bits per heavy atom. The minimum absolute atomic E-state index is 0.0143. The Balaban J connectivity index is 2.30. The summed E-state index contributed by atoms with van der Waals surface area (Å²) < 4.78 is 3.80. The standard InChI is InChI=1S/C5H7N2OS/c8-3-1-2-5-6-4-7-9-5/h4H,1-3H2. The van der Waals surface area contributed by atoms with Crippen molar-refractivity contribution in [1.82, 2.24) is 9.36 Å². The third kappa shape index (κ3) is 2.07. The molecule has 0 N–H and O–H groups in total. The fourth-order valence-corrected chi connectivity index (χ4v) is 1.08. The molecule has 1 rings (SSSR count). The van der Waals surface area contributed by atoms with Gasteiger partial charge in [-0.1, -0.05) is 0 Å². The van der Waals surface area contributed by atoms with Crippen molar-refractivity contribution in [2.24, 2.45) is 0 Å². The van der Waals surface area contributed by atoms with Crippen LogP contribution in [0.2, 0.25) is 0 Å². The number of aryl methyl sites for hydroxylation is 1. The normalized spacial score (nSPS) is 9.89. The fourth-order valence-electron chi connectivity index (χ4n) is 0.530. The van der Waals surface area contributed by atoms with E-state index in [-0.39, 0.29) is 6.61 Å². The van der Waals surface area contributed by atoms with Crippen molar-refractivity contribution < 1.29 is 5.11 Å². The maximum Gasteiger partial charge on any atom is 0.129 e. The quantitative estimate of drug-likeness (QED) is 0.631. The number of rotatable bonds is 3. The second kappa shape index (κ2) is 3.53. The van der Waals surface area contributed by atoms with Crippen LogP contribution in [0.4, 0.5) is 0 Å². The zero-order valence-corrected chi connectivity index (χ0v) is 5.73. The lowest BCUT2D eigenvalue weighted by molar-refractivity contribution is 0.189. The van der Waals surface area contributed by atoms with Gasteiger partial charge < -0.3 is 0 Å². The lowest BCUT2D eigenvalue weighted by Crippen LogP contribution is -1.85. The molecule has 0 aliphatic heterocycles. The second-order valence-corrected chi connectivity index (χ2v) is 2.51. The summed E-state index contributed by atoms with van der Waals surface area (Å²) in [4.78, 5) is 3.92. The van der Waals surface area contributed by atoms with Crippen LogP contribution in [0.3, 0.4) is 0 Å². The molecule has 1 aromatic heterocycles. The highest BCUT2D eigenvalue weighted by molar-refractivity contribution is 7.05. The Kier molecular flexibility index (Phi) is 2.60. The summed E-state index contributed by atoms with van der Waals surface area (Å²) in [5, 5.41) is 10.9. The molecule has 0 atom stereocenters. The molecule has 0 aromatic carbocycles. The molecule has 3 nitrogen and oxygen atoms in total. The molecule has 0 amide bonds. The van der Waals surface area contributed by atoms with Gasteiger partial charge in [-0.25, -0.2) is 10.1 Å². The summed E-state index contributed by atoms with van der Waals surface area (Å²) in [6.45, 7) is -0.0143. The van der Waals surface area contributed by atoms with E-state index < -0.39 is 0 Å². The van der Waals surface area contributed by atoms with Crippen molar-refractivity contribution in [3.8, 4) is 0 Å². The number of hydrogen-bond donors (Lipinski definition) is 0. The first-order valence-electron chi connectivity index (χ1n) is 2.77. The largest absolute Gasteiger partial charge is 0.237 e. The predicted molar refractivity (Wildman–Crippen MR) is 33.8 cm³/mol. The SMILES string of the molecule is [O]CCCc1ncns1. The van der Waals surface area contributed by atoms with Crippen LogP contribution in [-0.4, -0.2) is 16.0 Å². The summed E-state index contributed by atoms with van der Waals surface area (Å²) in [5.41, 5.74) is 0. The van der Waals surface area contributed by atoms with Gasteiger partial charge in [-0.05, 0) is 18.0 Å². The van der Waals surface area contributed by atoms with Crippen molar-refractivity contribution in [2.75, 3.05) is 6.61 Å². The lowest BCUT2D eigenvalue weighted by atomic mass is 10.3. The van der Waals surface area contributed by atoms with Crippen LogP contribution in [0.1, 0.15) is 11.4 Å². The minimum atomic E-state index is -0.0143. The van der Waals surface area contributed by atoms with Crippen LogP contribution >= 0.6 is 11.5 Å². The highest BCUT2D eigenvalue weighted by Gasteiger charge is 1.93. The Morgan fingerprint density at radius 3 is 3.11 bits per heavy atom. The van der Waals surface area contributed by atoms with Crippen LogP contribution < -0.4 is 0 Å². The van der Waals surface area contributed by atoms with E-state index in [0.29, 0.717) is 6.42 Å². The first-order valence-corrected chi connectivity index (χ1v) is 3.54. The highest BCUT2D eigenvalue weighted by atomic mass is 32.1. The van der Waals surface area contributed by atoms with Crippen LogP contribution in [0, 0.1) is 0 Å². The summed E-state index contributed by atoms with van der Waals surface area (Å²) in [6.07, 6.45) is 2.98. The highest BCUT2D eigenvalue weighted by Crippen LogP contribution is 2.01. The van der Waals surface area contributed by atoms with Gasteiger partial charge in [-0.2, -0.15) is 4.37 Å². The second-order valence-electron chi connectivity index (χ2n) is 1.64. The van der Waals surface area contributed by atoms with Gasteiger partial charge in [-0.15, -0.1) is 0 Å². The van der Waals surface area contributed by atoms with Gasteiger partial charge in [0.15, 0.2) is 0 Å². The molecule has 9 heavy (non-hydrogen) atoms. The average molecular weight is 143 g/mol. The van der Waals surface area contributed by atoms with Crippen molar-refractivity contribution >= 4 is 11.5 Å².